The monoisotopic (exact) mass is 321 g/mol. The van der Waals surface area contributed by atoms with Gasteiger partial charge in [-0.25, -0.2) is 0 Å². The quantitative estimate of drug-likeness (QED) is 0.317. The van der Waals surface area contributed by atoms with Crippen LogP contribution in [0.2, 0.25) is 0 Å². The van der Waals surface area contributed by atoms with Gasteiger partial charge in [-0.3, -0.25) is 0 Å². The maximum Gasteiger partial charge on any atom is 0.243 e. The second-order valence-corrected chi connectivity index (χ2v) is 6.60. The molecular weight excluding hydrogens is 306 g/mol. The highest BCUT2D eigenvalue weighted by Crippen LogP contribution is 2.40. The number of benzene rings is 3. The van der Waals surface area contributed by atoms with E-state index in [2.05, 4.69) is 82.2 Å². The van der Waals surface area contributed by atoms with Crippen LogP contribution in [0, 0.1) is 6.33 Å². The first kappa shape index (κ1) is 13.0. The Labute approximate surface area is 144 Å². The van der Waals surface area contributed by atoms with Crippen molar-refractivity contribution < 1.29 is 4.57 Å². The van der Waals surface area contributed by atoms with Crippen molar-refractivity contribution in [3.63, 3.8) is 0 Å². The van der Waals surface area contributed by atoms with Crippen molar-refractivity contribution in [1.29, 1.82) is 0 Å². The molecule has 0 radical (unpaired) electrons. The zero-order chi connectivity index (χ0) is 16.5. The fourth-order valence-electron chi connectivity index (χ4n) is 4.20. The highest BCUT2D eigenvalue weighted by atomic mass is 15.1. The van der Waals surface area contributed by atoms with E-state index in [1.54, 1.807) is 0 Å². The van der Waals surface area contributed by atoms with Gasteiger partial charge in [0.2, 0.25) is 6.33 Å². The maximum absolute atomic E-state index is 3.33. The molecule has 3 aromatic heterocycles. The Kier molecular flexibility index (Phi) is 2.29. The molecule has 0 saturated carbocycles. The summed E-state index contributed by atoms with van der Waals surface area (Å²) in [6.45, 7) is 0. The lowest BCUT2D eigenvalue weighted by Gasteiger charge is -2.06. The van der Waals surface area contributed by atoms with Crippen LogP contribution in [-0.2, 0) is 7.05 Å². The minimum Gasteiger partial charge on any atom is -0.325 e. The van der Waals surface area contributed by atoms with Crippen LogP contribution in [0.4, 0.5) is 0 Å². The first-order chi connectivity index (χ1) is 12.3. The molecule has 3 aromatic carbocycles. The molecule has 3 heteroatoms. The van der Waals surface area contributed by atoms with Gasteiger partial charge in [-0.2, -0.15) is 0 Å². The number of hydrogen-bond donors (Lipinski definition) is 0. The van der Waals surface area contributed by atoms with Crippen molar-refractivity contribution in [2.75, 3.05) is 0 Å². The molecule has 25 heavy (non-hydrogen) atoms. The molecule has 0 aliphatic heterocycles. The van der Waals surface area contributed by atoms with E-state index in [-0.39, 0.29) is 0 Å². The van der Waals surface area contributed by atoms with E-state index in [1.807, 2.05) is 17.8 Å². The summed E-state index contributed by atoms with van der Waals surface area (Å²) in [6.07, 6.45) is 7.41. The maximum atomic E-state index is 3.33. The molecule has 0 aliphatic rings. The molecule has 0 aliphatic carbocycles. The third-order valence-corrected chi connectivity index (χ3v) is 5.19. The zero-order valence-electron chi connectivity index (χ0n) is 13.8. The smallest absolute Gasteiger partial charge is 0.243 e. The molecule has 0 bridgehead atoms. The van der Waals surface area contributed by atoms with Crippen LogP contribution in [0.5, 0.6) is 0 Å². The number of aryl methyl sites for hydroxylation is 1. The Morgan fingerprint density at radius 1 is 0.800 bits per heavy atom. The van der Waals surface area contributed by atoms with Crippen LogP contribution in [0.1, 0.15) is 0 Å². The molecular formula is C22H15N3. The molecule has 0 N–H and O–H groups in total. The number of aromatic nitrogens is 3. The van der Waals surface area contributed by atoms with E-state index in [0.29, 0.717) is 0 Å². The molecule has 0 unspecified atom stereocenters. The van der Waals surface area contributed by atoms with Crippen molar-refractivity contribution in [2.24, 2.45) is 7.05 Å². The van der Waals surface area contributed by atoms with E-state index in [9.17, 15) is 0 Å². The molecule has 0 spiro atoms. The molecule has 6 rings (SSSR count). The zero-order valence-corrected chi connectivity index (χ0v) is 13.8. The van der Waals surface area contributed by atoms with E-state index in [0.717, 1.165) is 0 Å². The Balaban J connectivity index is 1.92. The van der Waals surface area contributed by atoms with Gasteiger partial charge in [0.15, 0.2) is 0 Å². The molecule has 118 valence electrons. The van der Waals surface area contributed by atoms with Crippen molar-refractivity contribution in [2.45, 2.75) is 0 Å². The summed E-state index contributed by atoms with van der Waals surface area (Å²) in [5.41, 5.74) is 4.98. The van der Waals surface area contributed by atoms with E-state index in [4.69, 9.17) is 0 Å². The van der Waals surface area contributed by atoms with Crippen LogP contribution >= 0.6 is 0 Å². The van der Waals surface area contributed by atoms with Gasteiger partial charge >= 0.3 is 0 Å². The summed E-state index contributed by atoms with van der Waals surface area (Å²) in [5.74, 6) is 0. The lowest BCUT2D eigenvalue weighted by Crippen LogP contribution is -2.24. The lowest BCUT2D eigenvalue weighted by atomic mass is 10.1. The van der Waals surface area contributed by atoms with E-state index < -0.39 is 0 Å². The minimum atomic E-state index is 1.17. The molecule has 0 amide bonds. The standard InChI is InChI=1S/C22H15N3/c1-23-12-13-24(14-23)19-10-5-11-20-21(19)17-8-4-7-16-15-6-2-3-9-18(15)25(20)22(16)17/h2-13H,1H3. The van der Waals surface area contributed by atoms with Crippen LogP contribution in [0.3, 0.4) is 0 Å². The van der Waals surface area contributed by atoms with Gasteiger partial charge < -0.3 is 13.5 Å². The minimum absolute atomic E-state index is 1.17. The van der Waals surface area contributed by atoms with Crippen molar-refractivity contribution in [3.8, 4) is 5.69 Å². The number of nitrogens with zero attached hydrogens (tertiary/aromatic N) is 3. The summed E-state index contributed by atoms with van der Waals surface area (Å²) < 4.78 is 6.43. The van der Waals surface area contributed by atoms with Crippen LogP contribution < -0.4 is 4.57 Å². The molecule has 3 nitrogen and oxygen atoms in total. The Bertz CT molecular complexity index is 1400. The first-order valence-corrected chi connectivity index (χ1v) is 8.45. The van der Waals surface area contributed by atoms with Gasteiger partial charge in [-0.05, 0) is 12.1 Å². The average Bonchev–Trinajstić information content (AvgIpc) is 3.32. The molecule has 3 heterocycles. The van der Waals surface area contributed by atoms with Gasteiger partial charge in [0, 0.05) is 39.5 Å². The fourth-order valence-corrected chi connectivity index (χ4v) is 4.20. The van der Waals surface area contributed by atoms with Crippen molar-refractivity contribution in [1.82, 2.24) is 8.97 Å². The Morgan fingerprint density at radius 2 is 1.56 bits per heavy atom. The SMILES string of the molecule is C[n+]1[c-]n(-c2cccc3c2c2cccc4c5ccccc5n3c42)cc1. The van der Waals surface area contributed by atoms with E-state index in [1.165, 1.54) is 43.8 Å². The normalized spacial score (nSPS) is 12.2. The lowest BCUT2D eigenvalue weighted by molar-refractivity contribution is -0.674. The van der Waals surface area contributed by atoms with Crippen LogP contribution in [0.25, 0.3) is 43.8 Å². The Morgan fingerprint density at radius 3 is 2.44 bits per heavy atom. The van der Waals surface area contributed by atoms with E-state index >= 15 is 0 Å². The number of rotatable bonds is 1. The van der Waals surface area contributed by atoms with Gasteiger partial charge in [0.1, 0.15) is 0 Å². The predicted octanol–water partition coefficient (Wildman–Crippen LogP) is 4.25. The number of imidazole rings is 1. The summed E-state index contributed by atoms with van der Waals surface area (Å²) in [6, 6.07) is 21.8. The molecule has 0 fully saturated rings. The summed E-state index contributed by atoms with van der Waals surface area (Å²) in [5, 5.41) is 5.21. The fraction of sp³-hybridized carbons (Fsp3) is 0.0455. The highest BCUT2D eigenvalue weighted by Gasteiger charge is 2.18. The molecule has 0 saturated heterocycles. The van der Waals surface area contributed by atoms with Crippen molar-refractivity contribution in [3.05, 3.63) is 79.4 Å². The third kappa shape index (κ3) is 1.53. The van der Waals surface area contributed by atoms with Crippen molar-refractivity contribution >= 4 is 38.1 Å². The number of para-hydroxylation sites is 2. The van der Waals surface area contributed by atoms with Crippen LogP contribution in [-0.4, -0.2) is 8.97 Å². The topological polar surface area (TPSA) is 13.2 Å². The summed E-state index contributed by atoms with van der Waals surface area (Å²) in [4.78, 5) is 0. The van der Waals surface area contributed by atoms with Gasteiger partial charge in [-0.1, -0.05) is 48.5 Å². The molecule has 0 atom stereocenters. The van der Waals surface area contributed by atoms with Gasteiger partial charge in [0.05, 0.1) is 23.8 Å². The highest BCUT2D eigenvalue weighted by molar-refractivity contribution is 6.24. The largest absolute Gasteiger partial charge is 0.325 e. The average molecular weight is 321 g/mol. The molecule has 6 aromatic rings. The Hall–Kier alpha value is -3.33. The number of hydrogen-bond acceptors (Lipinski definition) is 0. The first-order valence-electron chi connectivity index (χ1n) is 8.45. The summed E-state index contributed by atoms with van der Waals surface area (Å²) in [7, 11) is 2.00. The second kappa shape index (κ2) is 4.39. The van der Waals surface area contributed by atoms with Gasteiger partial charge in [-0.15, -0.1) is 0 Å². The van der Waals surface area contributed by atoms with Crippen LogP contribution in [0.15, 0.2) is 73.1 Å². The second-order valence-electron chi connectivity index (χ2n) is 6.60. The number of fused-ring (bicyclic) bond motifs is 6. The third-order valence-electron chi connectivity index (χ3n) is 5.19. The summed E-state index contributed by atoms with van der Waals surface area (Å²) >= 11 is 0. The predicted molar refractivity (Wildman–Crippen MR) is 100 cm³/mol. The van der Waals surface area contributed by atoms with Gasteiger partial charge in [0.25, 0.3) is 0 Å².